The Labute approximate surface area is 177 Å². The van der Waals surface area contributed by atoms with Gasteiger partial charge in [0.25, 0.3) is 0 Å². The summed E-state index contributed by atoms with van der Waals surface area (Å²) in [7, 11) is 4.11. The first-order valence-electron chi connectivity index (χ1n) is 9.18. The van der Waals surface area contributed by atoms with Crippen molar-refractivity contribution in [2.45, 2.75) is 12.8 Å². The van der Waals surface area contributed by atoms with Crippen LogP contribution in [0.3, 0.4) is 0 Å². The van der Waals surface area contributed by atoms with E-state index in [4.69, 9.17) is 18.7 Å². The van der Waals surface area contributed by atoms with Gasteiger partial charge >= 0.3 is 5.97 Å². The van der Waals surface area contributed by atoms with Gasteiger partial charge in [-0.05, 0) is 24.3 Å². The first-order chi connectivity index (χ1) is 14.9. The summed E-state index contributed by atoms with van der Waals surface area (Å²) < 4.78 is 33.4. The summed E-state index contributed by atoms with van der Waals surface area (Å²) in [5.74, 6) is -0.203. The van der Waals surface area contributed by atoms with E-state index in [0.29, 0.717) is 22.9 Å². The van der Waals surface area contributed by atoms with Gasteiger partial charge in [-0.25, -0.2) is 9.18 Å². The smallest absolute Gasteiger partial charge is 0.340 e. The summed E-state index contributed by atoms with van der Waals surface area (Å²) in [6.07, 6.45) is 0.181. The standard InChI is InChI=1S/C21H20FN3O6/c1-28-16-10-14(21(27)30-3)15(11-17(16)29-2)23-18(26)8-9-19-24-20(25-31-19)12-4-6-13(22)7-5-12/h4-7,10-11H,8-9H2,1-3H3,(H,23,26). The monoisotopic (exact) mass is 429 g/mol. The molecule has 0 radical (unpaired) electrons. The zero-order valence-electron chi connectivity index (χ0n) is 17.1. The Morgan fingerprint density at radius 1 is 1.06 bits per heavy atom. The van der Waals surface area contributed by atoms with Crippen molar-refractivity contribution in [1.29, 1.82) is 0 Å². The number of anilines is 1. The summed E-state index contributed by atoms with van der Waals surface area (Å²) in [4.78, 5) is 28.8. The largest absolute Gasteiger partial charge is 0.493 e. The van der Waals surface area contributed by atoms with Crippen molar-refractivity contribution in [3.05, 3.63) is 53.7 Å². The number of nitrogens with one attached hydrogen (secondary N) is 1. The zero-order chi connectivity index (χ0) is 22.4. The van der Waals surface area contributed by atoms with Crippen LogP contribution in [0.5, 0.6) is 11.5 Å². The second kappa shape index (κ2) is 9.70. The van der Waals surface area contributed by atoms with Crippen LogP contribution in [0.1, 0.15) is 22.7 Å². The Hall–Kier alpha value is -3.95. The number of methoxy groups -OCH3 is 3. The van der Waals surface area contributed by atoms with E-state index < -0.39 is 5.97 Å². The zero-order valence-corrected chi connectivity index (χ0v) is 17.1. The number of ether oxygens (including phenoxy) is 3. The first-order valence-corrected chi connectivity index (χ1v) is 9.18. The van der Waals surface area contributed by atoms with Crippen LogP contribution in [0, 0.1) is 5.82 Å². The molecule has 0 aliphatic carbocycles. The Balaban J connectivity index is 1.69. The Bertz CT molecular complexity index is 1080. The predicted molar refractivity (Wildman–Crippen MR) is 108 cm³/mol. The average Bonchev–Trinajstić information content (AvgIpc) is 3.26. The molecule has 0 fully saturated rings. The number of nitrogens with zero attached hydrogens (tertiary/aromatic N) is 2. The number of amides is 1. The predicted octanol–water partition coefficient (Wildman–Crippen LogP) is 3.25. The molecule has 162 valence electrons. The highest BCUT2D eigenvalue weighted by molar-refractivity contribution is 6.02. The van der Waals surface area contributed by atoms with Crippen LogP contribution in [0.2, 0.25) is 0 Å². The fourth-order valence-electron chi connectivity index (χ4n) is 2.77. The number of carbonyl (C=O) groups excluding carboxylic acids is 2. The van der Waals surface area contributed by atoms with Crippen LogP contribution in [0.25, 0.3) is 11.4 Å². The first kappa shape index (κ1) is 21.8. The third-order valence-corrected chi connectivity index (χ3v) is 4.34. The van der Waals surface area contributed by atoms with Gasteiger partial charge in [0, 0.05) is 30.5 Å². The SMILES string of the molecule is COC(=O)c1cc(OC)c(OC)cc1NC(=O)CCc1nc(-c2ccc(F)cc2)no1. The van der Waals surface area contributed by atoms with Gasteiger partial charge in [-0.2, -0.15) is 4.98 Å². The van der Waals surface area contributed by atoms with Crippen LogP contribution in [-0.2, 0) is 16.0 Å². The molecule has 1 N–H and O–H groups in total. The molecule has 3 aromatic rings. The van der Waals surface area contributed by atoms with Crippen molar-refractivity contribution in [1.82, 2.24) is 10.1 Å². The maximum atomic E-state index is 13.0. The molecule has 0 spiro atoms. The van der Waals surface area contributed by atoms with Crippen molar-refractivity contribution in [2.75, 3.05) is 26.6 Å². The van der Waals surface area contributed by atoms with Gasteiger partial charge in [0.05, 0.1) is 32.6 Å². The molecule has 1 heterocycles. The second-order valence-electron chi connectivity index (χ2n) is 6.31. The van der Waals surface area contributed by atoms with Gasteiger partial charge < -0.3 is 24.1 Å². The van der Waals surface area contributed by atoms with Crippen molar-refractivity contribution in [3.8, 4) is 22.9 Å². The number of aromatic nitrogens is 2. The number of benzene rings is 2. The maximum absolute atomic E-state index is 13.0. The topological polar surface area (TPSA) is 113 Å². The summed E-state index contributed by atoms with van der Waals surface area (Å²) >= 11 is 0. The van der Waals surface area contributed by atoms with Crippen LogP contribution in [-0.4, -0.2) is 43.3 Å². The molecule has 0 saturated heterocycles. The van der Waals surface area contributed by atoms with E-state index >= 15 is 0 Å². The van der Waals surface area contributed by atoms with E-state index in [1.807, 2.05) is 0 Å². The highest BCUT2D eigenvalue weighted by Gasteiger charge is 2.19. The lowest BCUT2D eigenvalue weighted by Gasteiger charge is -2.14. The van der Waals surface area contributed by atoms with E-state index in [1.54, 1.807) is 0 Å². The molecule has 2 aromatic carbocycles. The molecule has 9 nitrogen and oxygen atoms in total. The third kappa shape index (κ3) is 5.16. The third-order valence-electron chi connectivity index (χ3n) is 4.34. The van der Waals surface area contributed by atoms with E-state index in [2.05, 4.69) is 15.5 Å². The molecule has 10 heteroatoms. The van der Waals surface area contributed by atoms with E-state index in [9.17, 15) is 14.0 Å². The molecule has 0 bridgehead atoms. The minimum absolute atomic E-state index is 0.0139. The van der Waals surface area contributed by atoms with Crippen molar-refractivity contribution >= 4 is 17.6 Å². The van der Waals surface area contributed by atoms with Crippen molar-refractivity contribution < 1.29 is 32.7 Å². The quantitative estimate of drug-likeness (QED) is 0.543. The molecule has 0 unspecified atom stereocenters. The van der Waals surface area contributed by atoms with Crippen molar-refractivity contribution in [2.24, 2.45) is 0 Å². The minimum atomic E-state index is -0.642. The number of rotatable bonds is 8. The second-order valence-corrected chi connectivity index (χ2v) is 6.31. The summed E-state index contributed by atoms with van der Waals surface area (Å²) in [6, 6.07) is 8.54. The number of esters is 1. The van der Waals surface area contributed by atoms with Crippen LogP contribution >= 0.6 is 0 Å². The summed E-state index contributed by atoms with van der Waals surface area (Å²) in [5, 5.41) is 6.50. The molecule has 31 heavy (non-hydrogen) atoms. The molecule has 1 amide bonds. The van der Waals surface area contributed by atoms with Crippen molar-refractivity contribution in [3.63, 3.8) is 0 Å². The van der Waals surface area contributed by atoms with E-state index in [1.165, 1.54) is 57.7 Å². The van der Waals surface area contributed by atoms with Crippen LogP contribution in [0.15, 0.2) is 40.9 Å². The molecule has 1 aromatic heterocycles. The normalized spacial score (nSPS) is 10.5. The average molecular weight is 429 g/mol. The van der Waals surface area contributed by atoms with Crippen LogP contribution in [0.4, 0.5) is 10.1 Å². The number of carbonyl (C=O) groups is 2. The van der Waals surface area contributed by atoms with Gasteiger partial charge in [-0.3, -0.25) is 4.79 Å². The minimum Gasteiger partial charge on any atom is -0.493 e. The number of aryl methyl sites for hydroxylation is 1. The maximum Gasteiger partial charge on any atom is 0.340 e. The van der Waals surface area contributed by atoms with Gasteiger partial charge in [-0.1, -0.05) is 5.16 Å². The highest BCUT2D eigenvalue weighted by atomic mass is 19.1. The molecule has 3 rings (SSSR count). The highest BCUT2D eigenvalue weighted by Crippen LogP contribution is 2.34. The summed E-state index contributed by atoms with van der Waals surface area (Å²) in [6.45, 7) is 0. The molecule has 0 saturated carbocycles. The van der Waals surface area contributed by atoms with Gasteiger partial charge in [0.2, 0.25) is 17.6 Å². The Kier molecular flexibility index (Phi) is 6.81. The number of halogens is 1. The molecule has 0 aliphatic rings. The molecular weight excluding hydrogens is 409 g/mol. The van der Waals surface area contributed by atoms with Gasteiger partial charge in [-0.15, -0.1) is 0 Å². The molecule has 0 aliphatic heterocycles. The van der Waals surface area contributed by atoms with Crippen LogP contribution < -0.4 is 14.8 Å². The Morgan fingerprint density at radius 3 is 2.39 bits per heavy atom. The van der Waals surface area contributed by atoms with Gasteiger partial charge in [0.15, 0.2) is 11.5 Å². The molecule has 0 atom stereocenters. The lowest BCUT2D eigenvalue weighted by Crippen LogP contribution is -2.16. The lowest BCUT2D eigenvalue weighted by atomic mass is 10.1. The molecular formula is C21H20FN3O6. The van der Waals surface area contributed by atoms with E-state index in [-0.39, 0.29) is 41.7 Å². The Morgan fingerprint density at radius 2 is 1.74 bits per heavy atom. The fraction of sp³-hybridized carbons (Fsp3) is 0.238. The lowest BCUT2D eigenvalue weighted by molar-refractivity contribution is -0.116. The van der Waals surface area contributed by atoms with Gasteiger partial charge in [0.1, 0.15) is 5.82 Å². The summed E-state index contributed by atoms with van der Waals surface area (Å²) in [5.41, 5.74) is 0.922. The number of hydrogen-bond donors (Lipinski definition) is 1. The fourth-order valence-corrected chi connectivity index (χ4v) is 2.77. The van der Waals surface area contributed by atoms with E-state index in [0.717, 1.165) is 0 Å². The number of hydrogen-bond acceptors (Lipinski definition) is 8.